The van der Waals surface area contributed by atoms with Crippen molar-refractivity contribution in [2.75, 3.05) is 19.4 Å². The maximum Gasteiger partial charge on any atom is 0.309 e. The highest BCUT2D eigenvalue weighted by Gasteiger charge is 2.34. The van der Waals surface area contributed by atoms with Gasteiger partial charge in [0.05, 0.1) is 24.7 Å². The summed E-state index contributed by atoms with van der Waals surface area (Å²) in [6, 6.07) is 14.5. The zero-order valence-corrected chi connectivity index (χ0v) is 14.5. The Kier molecular flexibility index (Phi) is 5.19. The van der Waals surface area contributed by atoms with Crippen molar-refractivity contribution in [1.82, 2.24) is 4.90 Å². The van der Waals surface area contributed by atoms with Crippen LogP contribution in [0.5, 0.6) is 0 Å². The summed E-state index contributed by atoms with van der Waals surface area (Å²) in [5.74, 6) is -0.114. The summed E-state index contributed by atoms with van der Waals surface area (Å²) in [5, 5.41) is 0. The number of esters is 1. The van der Waals surface area contributed by atoms with E-state index in [1.807, 2.05) is 24.3 Å². The lowest BCUT2D eigenvalue weighted by Crippen LogP contribution is -2.31. The molecule has 2 aromatic rings. The Morgan fingerprint density at radius 3 is 2.16 bits per heavy atom. The van der Waals surface area contributed by atoms with Gasteiger partial charge >= 0.3 is 5.97 Å². The van der Waals surface area contributed by atoms with Crippen LogP contribution in [0.4, 0.5) is 0 Å². The van der Waals surface area contributed by atoms with Gasteiger partial charge in [-0.2, -0.15) is 0 Å². The fourth-order valence-electron chi connectivity index (χ4n) is 2.64. The van der Waals surface area contributed by atoms with Crippen molar-refractivity contribution >= 4 is 29.5 Å². The fourth-order valence-corrected chi connectivity index (χ4v) is 3.48. The van der Waals surface area contributed by atoms with Gasteiger partial charge in [-0.3, -0.25) is 19.3 Å². The molecule has 0 N–H and O–H groups in total. The molecule has 0 aliphatic carbocycles. The van der Waals surface area contributed by atoms with Crippen LogP contribution in [0.25, 0.3) is 0 Å². The zero-order valence-electron chi connectivity index (χ0n) is 13.7. The van der Waals surface area contributed by atoms with E-state index in [1.54, 1.807) is 36.0 Å². The highest BCUT2D eigenvalue weighted by molar-refractivity contribution is 7.99. The van der Waals surface area contributed by atoms with Gasteiger partial charge in [0.2, 0.25) is 0 Å². The van der Waals surface area contributed by atoms with Crippen molar-refractivity contribution in [3.63, 3.8) is 0 Å². The number of ether oxygens (including phenoxy) is 1. The molecular weight excluding hydrogens is 338 g/mol. The van der Waals surface area contributed by atoms with Crippen LogP contribution in [0.15, 0.2) is 53.4 Å². The summed E-state index contributed by atoms with van der Waals surface area (Å²) in [7, 11) is 1.37. The Labute approximate surface area is 150 Å². The van der Waals surface area contributed by atoms with Crippen LogP contribution in [0.2, 0.25) is 0 Å². The summed E-state index contributed by atoms with van der Waals surface area (Å²) < 4.78 is 4.64. The lowest BCUT2D eigenvalue weighted by atomic mass is 10.1. The second-order valence-corrected chi connectivity index (χ2v) is 6.72. The molecule has 0 aromatic heterocycles. The number of fused-ring (bicyclic) bond motifs is 1. The molecule has 0 bridgehead atoms. The van der Waals surface area contributed by atoms with Crippen LogP contribution >= 0.6 is 11.8 Å². The van der Waals surface area contributed by atoms with Gasteiger partial charge in [0.25, 0.3) is 11.8 Å². The molecule has 2 aromatic carbocycles. The smallest absolute Gasteiger partial charge is 0.309 e. The van der Waals surface area contributed by atoms with Crippen LogP contribution in [0.3, 0.4) is 0 Å². The van der Waals surface area contributed by atoms with Gasteiger partial charge in [0, 0.05) is 17.2 Å². The number of carbonyl (C=O) groups excluding carboxylic acids is 3. The van der Waals surface area contributed by atoms with Gasteiger partial charge in [-0.25, -0.2) is 0 Å². The van der Waals surface area contributed by atoms with Gasteiger partial charge in [-0.15, -0.1) is 11.8 Å². The number of methoxy groups -OCH3 is 1. The molecule has 6 heteroatoms. The molecule has 2 amide bonds. The Balaban J connectivity index is 1.54. The second-order valence-electron chi connectivity index (χ2n) is 5.55. The predicted molar refractivity (Wildman–Crippen MR) is 94.7 cm³/mol. The van der Waals surface area contributed by atoms with Crippen LogP contribution in [-0.2, 0) is 16.0 Å². The second kappa shape index (κ2) is 7.53. The third kappa shape index (κ3) is 3.74. The number of hydrogen-bond acceptors (Lipinski definition) is 5. The molecule has 0 saturated carbocycles. The molecule has 1 aliphatic heterocycles. The Hall–Kier alpha value is -2.60. The summed E-state index contributed by atoms with van der Waals surface area (Å²) in [6.07, 6.45) is 0.247. The molecule has 1 aliphatic rings. The number of amides is 2. The lowest BCUT2D eigenvalue weighted by molar-refractivity contribution is -0.139. The number of imide groups is 1. The van der Waals surface area contributed by atoms with E-state index in [0.29, 0.717) is 23.4 Å². The number of benzene rings is 2. The largest absolute Gasteiger partial charge is 0.469 e. The van der Waals surface area contributed by atoms with E-state index < -0.39 is 0 Å². The first-order valence-corrected chi connectivity index (χ1v) is 8.82. The molecule has 25 heavy (non-hydrogen) atoms. The lowest BCUT2D eigenvalue weighted by Gasteiger charge is -2.13. The fraction of sp³-hybridized carbons (Fsp3) is 0.211. The maximum atomic E-state index is 12.3. The van der Waals surface area contributed by atoms with Gasteiger partial charge < -0.3 is 4.74 Å². The average Bonchev–Trinajstić information content (AvgIpc) is 2.88. The molecule has 0 fully saturated rings. The van der Waals surface area contributed by atoms with Crippen molar-refractivity contribution in [3.8, 4) is 0 Å². The number of hydrogen-bond donors (Lipinski definition) is 0. The van der Waals surface area contributed by atoms with Gasteiger partial charge in [0.15, 0.2) is 0 Å². The molecule has 3 rings (SSSR count). The molecule has 0 atom stereocenters. The van der Waals surface area contributed by atoms with Crippen LogP contribution in [-0.4, -0.2) is 42.1 Å². The average molecular weight is 355 g/mol. The van der Waals surface area contributed by atoms with E-state index >= 15 is 0 Å². The standard InChI is InChI=1S/C19H17NO4S/c1-24-17(21)12-13-6-8-14(9-7-13)25-11-10-20-18(22)15-4-2-3-5-16(15)19(20)23/h2-9H,10-12H2,1H3. The van der Waals surface area contributed by atoms with Crippen molar-refractivity contribution in [3.05, 3.63) is 65.2 Å². The van der Waals surface area contributed by atoms with Crippen LogP contribution < -0.4 is 0 Å². The van der Waals surface area contributed by atoms with Crippen molar-refractivity contribution in [2.24, 2.45) is 0 Å². The van der Waals surface area contributed by atoms with Crippen LogP contribution in [0.1, 0.15) is 26.3 Å². The van der Waals surface area contributed by atoms with Crippen molar-refractivity contribution in [2.45, 2.75) is 11.3 Å². The van der Waals surface area contributed by atoms with Crippen LogP contribution in [0, 0.1) is 0 Å². The van der Waals surface area contributed by atoms with E-state index in [-0.39, 0.29) is 24.2 Å². The monoisotopic (exact) mass is 355 g/mol. The number of thioether (sulfide) groups is 1. The van der Waals surface area contributed by atoms with Gasteiger partial charge in [-0.05, 0) is 29.8 Å². The van der Waals surface area contributed by atoms with Gasteiger partial charge in [0.1, 0.15) is 0 Å². The summed E-state index contributed by atoms with van der Waals surface area (Å²) in [4.78, 5) is 38.1. The maximum absolute atomic E-state index is 12.3. The Bertz CT molecular complexity index is 781. The Morgan fingerprint density at radius 1 is 1.00 bits per heavy atom. The minimum Gasteiger partial charge on any atom is -0.469 e. The first-order valence-electron chi connectivity index (χ1n) is 7.84. The summed E-state index contributed by atoms with van der Waals surface area (Å²) in [6.45, 7) is 0.362. The normalized spacial score (nSPS) is 13.1. The molecule has 0 saturated heterocycles. The third-order valence-electron chi connectivity index (χ3n) is 3.96. The van der Waals surface area contributed by atoms with E-state index in [0.717, 1.165) is 10.5 Å². The van der Waals surface area contributed by atoms with E-state index in [1.165, 1.54) is 12.0 Å². The quantitative estimate of drug-likeness (QED) is 0.453. The van der Waals surface area contributed by atoms with E-state index in [9.17, 15) is 14.4 Å². The molecule has 0 spiro atoms. The molecule has 5 nitrogen and oxygen atoms in total. The van der Waals surface area contributed by atoms with E-state index in [2.05, 4.69) is 4.74 Å². The molecule has 0 radical (unpaired) electrons. The molecule has 1 heterocycles. The number of carbonyl (C=O) groups is 3. The molecule has 128 valence electrons. The number of rotatable bonds is 6. The third-order valence-corrected chi connectivity index (χ3v) is 4.95. The first kappa shape index (κ1) is 17.2. The van der Waals surface area contributed by atoms with Crippen molar-refractivity contribution in [1.29, 1.82) is 0 Å². The highest BCUT2D eigenvalue weighted by Crippen LogP contribution is 2.24. The highest BCUT2D eigenvalue weighted by atomic mass is 32.2. The number of nitrogens with zero attached hydrogens (tertiary/aromatic N) is 1. The minimum absolute atomic E-state index is 0.227. The Morgan fingerprint density at radius 2 is 1.60 bits per heavy atom. The summed E-state index contributed by atoms with van der Waals surface area (Å²) >= 11 is 1.56. The van der Waals surface area contributed by atoms with Crippen molar-refractivity contribution < 1.29 is 19.1 Å². The zero-order chi connectivity index (χ0) is 17.8. The SMILES string of the molecule is COC(=O)Cc1ccc(SCCN2C(=O)c3ccccc3C2=O)cc1. The molecule has 0 unspecified atom stereocenters. The van der Waals surface area contributed by atoms with E-state index in [4.69, 9.17) is 0 Å². The summed E-state index contributed by atoms with van der Waals surface area (Å²) in [5.41, 5.74) is 1.84. The predicted octanol–water partition coefficient (Wildman–Crippen LogP) is 2.79. The first-order chi connectivity index (χ1) is 12.1. The van der Waals surface area contributed by atoms with Gasteiger partial charge in [-0.1, -0.05) is 24.3 Å². The minimum atomic E-state index is -0.272. The molecular formula is C19H17NO4S. The topological polar surface area (TPSA) is 63.7 Å².